The Labute approximate surface area is 227 Å². The Morgan fingerprint density at radius 3 is 1.33 bits per heavy atom. The van der Waals surface area contributed by atoms with Crippen LogP contribution in [-0.2, 0) is 9.53 Å². The molecule has 1 atom stereocenters. The summed E-state index contributed by atoms with van der Waals surface area (Å²) in [4.78, 5) is 12.0. The number of allylic oxidation sites excluding steroid dienone is 2. The van der Waals surface area contributed by atoms with Gasteiger partial charge in [-0.05, 0) is 51.9 Å². The average molecular weight is 507 g/mol. The van der Waals surface area contributed by atoms with E-state index in [4.69, 9.17) is 4.74 Å². The molecule has 214 valence electrons. The number of hydrogen-bond donors (Lipinski definition) is 0. The van der Waals surface area contributed by atoms with Gasteiger partial charge in [0.05, 0.1) is 6.10 Å². The number of carbonyl (C=O) groups is 1. The topological polar surface area (TPSA) is 26.3 Å². The van der Waals surface area contributed by atoms with Crippen molar-refractivity contribution in [3.8, 4) is 0 Å². The van der Waals surface area contributed by atoms with Gasteiger partial charge in [0.1, 0.15) is 0 Å². The Morgan fingerprint density at radius 1 is 0.528 bits per heavy atom. The molecule has 0 aromatic rings. The van der Waals surface area contributed by atoms with E-state index in [0.717, 1.165) is 12.8 Å². The molecule has 0 heterocycles. The van der Waals surface area contributed by atoms with Gasteiger partial charge in [-0.2, -0.15) is 0 Å². The molecule has 0 aliphatic carbocycles. The third kappa shape index (κ3) is 29.4. The lowest BCUT2D eigenvalue weighted by atomic mass is 10.1. The molecule has 0 radical (unpaired) electrons. The monoisotopic (exact) mass is 507 g/mol. The first-order valence-corrected chi connectivity index (χ1v) is 16.5. The first-order valence-electron chi connectivity index (χ1n) is 16.5. The standard InChI is InChI=1S/C34H66O2/c1-4-6-8-10-12-14-15-16-17-18-19-20-21-22-23-24-26-28-30-32-34(35)36-33(3)31-29-27-25-13-11-9-7-5-2/h16-17,33H,4-15,18-32H2,1-3H3. The molecule has 0 amide bonds. The van der Waals surface area contributed by atoms with Crippen molar-refractivity contribution in [3.05, 3.63) is 12.2 Å². The van der Waals surface area contributed by atoms with Crippen LogP contribution in [0.2, 0.25) is 0 Å². The van der Waals surface area contributed by atoms with Gasteiger partial charge in [0.2, 0.25) is 0 Å². The number of ether oxygens (including phenoxy) is 1. The molecule has 0 spiro atoms. The molecule has 0 saturated heterocycles. The van der Waals surface area contributed by atoms with Crippen LogP contribution in [0.15, 0.2) is 12.2 Å². The van der Waals surface area contributed by atoms with Crippen molar-refractivity contribution in [2.75, 3.05) is 0 Å². The first kappa shape index (κ1) is 35.2. The Bertz CT molecular complexity index is 456. The van der Waals surface area contributed by atoms with Gasteiger partial charge in [0.25, 0.3) is 0 Å². The first-order chi connectivity index (χ1) is 17.7. The van der Waals surface area contributed by atoms with Crippen molar-refractivity contribution in [2.45, 2.75) is 200 Å². The SMILES string of the molecule is CCCCCCCCC=CCCCCCCCCCCCC(=O)OC(C)CCCCCCCCCC. The Kier molecular flexibility index (Phi) is 29.8. The fourth-order valence-electron chi connectivity index (χ4n) is 4.96. The molecule has 0 fully saturated rings. The van der Waals surface area contributed by atoms with E-state index < -0.39 is 0 Å². The molecule has 0 aliphatic heterocycles. The number of carbonyl (C=O) groups excluding carboxylic acids is 1. The van der Waals surface area contributed by atoms with Crippen LogP contribution >= 0.6 is 0 Å². The van der Waals surface area contributed by atoms with E-state index in [9.17, 15) is 4.79 Å². The molecule has 0 aromatic heterocycles. The zero-order valence-corrected chi connectivity index (χ0v) is 25.1. The average Bonchev–Trinajstić information content (AvgIpc) is 2.87. The molecule has 0 N–H and O–H groups in total. The second kappa shape index (κ2) is 30.4. The third-order valence-electron chi connectivity index (χ3n) is 7.44. The molecular weight excluding hydrogens is 440 g/mol. The number of hydrogen-bond acceptors (Lipinski definition) is 2. The van der Waals surface area contributed by atoms with Crippen LogP contribution in [0.4, 0.5) is 0 Å². The summed E-state index contributed by atoms with van der Waals surface area (Å²) in [5, 5.41) is 0. The summed E-state index contributed by atoms with van der Waals surface area (Å²) in [5.41, 5.74) is 0. The van der Waals surface area contributed by atoms with Gasteiger partial charge in [0.15, 0.2) is 0 Å². The fraction of sp³-hybridized carbons (Fsp3) is 0.912. The van der Waals surface area contributed by atoms with Gasteiger partial charge in [0, 0.05) is 6.42 Å². The van der Waals surface area contributed by atoms with E-state index in [1.807, 2.05) is 0 Å². The summed E-state index contributed by atoms with van der Waals surface area (Å²) in [7, 11) is 0. The third-order valence-corrected chi connectivity index (χ3v) is 7.44. The number of esters is 1. The lowest BCUT2D eigenvalue weighted by Gasteiger charge is -2.13. The van der Waals surface area contributed by atoms with E-state index in [2.05, 4.69) is 32.9 Å². The van der Waals surface area contributed by atoms with Crippen molar-refractivity contribution in [1.29, 1.82) is 0 Å². The van der Waals surface area contributed by atoms with Crippen LogP contribution in [0.25, 0.3) is 0 Å². The smallest absolute Gasteiger partial charge is 0.306 e. The van der Waals surface area contributed by atoms with Crippen LogP contribution < -0.4 is 0 Å². The summed E-state index contributed by atoms with van der Waals surface area (Å²) in [5.74, 6) is 0.0167. The molecule has 0 rings (SSSR count). The molecule has 2 nitrogen and oxygen atoms in total. The van der Waals surface area contributed by atoms with E-state index in [1.54, 1.807) is 0 Å². The van der Waals surface area contributed by atoms with Crippen molar-refractivity contribution in [1.82, 2.24) is 0 Å². The largest absolute Gasteiger partial charge is 0.463 e. The second-order valence-corrected chi connectivity index (χ2v) is 11.3. The van der Waals surface area contributed by atoms with Crippen molar-refractivity contribution in [3.63, 3.8) is 0 Å². The summed E-state index contributed by atoms with van der Waals surface area (Å²) in [6.45, 7) is 6.61. The molecule has 0 bridgehead atoms. The van der Waals surface area contributed by atoms with E-state index in [0.29, 0.717) is 6.42 Å². The molecule has 0 aromatic carbocycles. The highest BCUT2D eigenvalue weighted by molar-refractivity contribution is 5.69. The van der Waals surface area contributed by atoms with Crippen LogP contribution in [-0.4, -0.2) is 12.1 Å². The minimum atomic E-state index is 0.0167. The maximum Gasteiger partial charge on any atom is 0.306 e. The van der Waals surface area contributed by atoms with Gasteiger partial charge in [-0.15, -0.1) is 0 Å². The predicted octanol–water partition coefficient (Wildman–Crippen LogP) is 12.0. The van der Waals surface area contributed by atoms with Crippen LogP contribution in [0.3, 0.4) is 0 Å². The second-order valence-electron chi connectivity index (χ2n) is 11.3. The Hall–Kier alpha value is -0.790. The van der Waals surface area contributed by atoms with E-state index in [-0.39, 0.29) is 12.1 Å². The molecule has 36 heavy (non-hydrogen) atoms. The normalized spacial score (nSPS) is 12.4. The number of unbranched alkanes of at least 4 members (excludes halogenated alkanes) is 22. The van der Waals surface area contributed by atoms with Gasteiger partial charge in [-0.25, -0.2) is 0 Å². The summed E-state index contributed by atoms with van der Waals surface area (Å²) >= 11 is 0. The highest BCUT2D eigenvalue weighted by Crippen LogP contribution is 2.14. The van der Waals surface area contributed by atoms with Gasteiger partial charge in [-0.3, -0.25) is 4.79 Å². The zero-order valence-electron chi connectivity index (χ0n) is 25.1. The lowest BCUT2D eigenvalue weighted by molar-refractivity contribution is -0.148. The fourth-order valence-corrected chi connectivity index (χ4v) is 4.96. The summed E-state index contributed by atoms with van der Waals surface area (Å²) in [6, 6.07) is 0. The Morgan fingerprint density at radius 2 is 0.889 bits per heavy atom. The van der Waals surface area contributed by atoms with Gasteiger partial charge < -0.3 is 4.74 Å². The molecule has 0 aliphatic rings. The summed E-state index contributed by atoms with van der Waals surface area (Å²) < 4.78 is 5.60. The molecular formula is C34H66O2. The van der Waals surface area contributed by atoms with Crippen molar-refractivity contribution >= 4 is 5.97 Å². The summed E-state index contributed by atoms with van der Waals surface area (Å²) in [6.07, 6.45) is 39.7. The van der Waals surface area contributed by atoms with Crippen LogP contribution in [0.5, 0.6) is 0 Å². The number of rotatable bonds is 29. The van der Waals surface area contributed by atoms with Crippen LogP contribution in [0, 0.1) is 0 Å². The lowest BCUT2D eigenvalue weighted by Crippen LogP contribution is -2.14. The molecule has 0 saturated carbocycles. The maximum absolute atomic E-state index is 12.0. The highest BCUT2D eigenvalue weighted by atomic mass is 16.5. The van der Waals surface area contributed by atoms with Crippen molar-refractivity contribution < 1.29 is 9.53 Å². The minimum absolute atomic E-state index is 0.0167. The highest BCUT2D eigenvalue weighted by Gasteiger charge is 2.09. The molecule has 2 heteroatoms. The van der Waals surface area contributed by atoms with E-state index in [1.165, 1.54) is 154 Å². The Balaban J connectivity index is 3.29. The van der Waals surface area contributed by atoms with Gasteiger partial charge in [-0.1, -0.05) is 148 Å². The van der Waals surface area contributed by atoms with Crippen LogP contribution in [0.1, 0.15) is 194 Å². The van der Waals surface area contributed by atoms with E-state index >= 15 is 0 Å². The predicted molar refractivity (Wildman–Crippen MR) is 161 cm³/mol. The van der Waals surface area contributed by atoms with Gasteiger partial charge >= 0.3 is 5.97 Å². The zero-order chi connectivity index (χ0) is 26.4. The molecule has 1 unspecified atom stereocenters. The maximum atomic E-state index is 12.0. The minimum Gasteiger partial charge on any atom is -0.463 e. The van der Waals surface area contributed by atoms with Crippen molar-refractivity contribution in [2.24, 2.45) is 0 Å². The quantitative estimate of drug-likeness (QED) is 0.0572.